The summed E-state index contributed by atoms with van der Waals surface area (Å²) in [5.41, 5.74) is 10.7. The van der Waals surface area contributed by atoms with Crippen molar-refractivity contribution in [1.29, 1.82) is 0 Å². The molecule has 0 unspecified atom stereocenters. The maximum Gasteiger partial charge on any atom is 0.163 e. The van der Waals surface area contributed by atoms with Gasteiger partial charge in [0, 0.05) is 23.7 Å². The minimum absolute atomic E-state index is 0.0635. The normalized spacial score (nSPS) is 18.5. The summed E-state index contributed by atoms with van der Waals surface area (Å²) in [6.07, 6.45) is 7.80. The van der Waals surface area contributed by atoms with Crippen molar-refractivity contribution >= 4 is 16.9 Å². The van der Waals surface area contributed by atoms with Crippen LogP contribution >= 0.6 is 0 Å². The van der Waals surface area contributed by atoms with Crippen LogP contribution in [0.2, 0.25) is 0 Å². The molecule has 4 aromatic rings. The number of para-hydroxylation sites is 2. The fraction of sp³-hybridized carbons (Fsp3) is 0.417. The van der Waals surface area contributed by atoms with E-state index in [1.54, 1.807) is 6.20 Å². The monoisotopic (exact) mass is 444 g/mol. The minimum Gasteiger partial charge on any atom is -0.382 e. The summed E-state index contributed by atoms with van der Waals surface area (Å²) in [6, 6.07) is 8.55. The van der Waals surface area contributed by atoms with Gasteiger partial charge in [0.2, 0.25) is 0 Å². The number of piperidine rings is 1. The number of imidazole rings is 1. The van der Waals surface area contributed by atoms with Gasteiger partial charge in [0.05, 0.1) is 48.4 Å². The fourth-order valence-electron chi connectivity index (χ4n) is 4.78. The van der Waals surface area contributed by atoms with Crippen molar-refractivity contribution in [2.24, 2.45) is 5.41 Å². The molecule has 33 heavy (non-hydrogen) atoms. The van der Waals surface area contributed by atoms with E-state index in [0.29, 0.717) is 17.6 Å². The molecule has 9 heteroatoms. The number of ether oxygens (including phenoxy) is 1. The van der Waals surface area contributed by atoms with Crippen LogP contribution in [0, 0.1) is 5.41 Å². The van der Waals surface area contributed by atoms with E-state index in [1.165, 1.54) is 0 Å². The standard InChI is InChI=1S/C24H28N8O/c1-24(14-33-15-24)13-31-20-5-3-2-4-18(20)30-23(31)21-22(25)27-11-19(29-21)16-10-28-32(12-16)17-6-8-26-9-7-17/h2-5,10-12,17,26H,6-9,13-15H2,1H3,(H2,25,27). The van der Waals surface area contributed by atoms with Gasteiger partial charge in [0.1, 0.15) is 5.69 Å². The number of nitrogens with one attached hydrogen (secondary N) is 1. The molecule has 170 valence electrons. The SMILES string of the molecule is CC1(Cn2c(-c3nc(-c4cnn(C5CCNCC5)c4)cnc3N)nc3ccccc32)COC1. The summed E-state index contributed by atoms with van der Waals surface area (Å²) in [6.45, 7) is 6.52. The van der Waals surface area contributed by atoms with Crippen LogP contribution in [-0.2, 0) is 11.3 Å². The van der Waals surface area contributed by atoms with Crippen LogP contribution in [0.25, 0.3) is 33.8 Å². The molecule has 0 radical (unpaired) electrons. The summed E-state index contributed by atoms with van der Waals surface area (Å²) in [4.78, 5) is 14.3. The molecule has 2 saturated heterocycles. The lowest BCUT2D eigenvalue weighted by Gasteiger charge is -2.38. The Kier molecular flexibility index (Phi) is 4.88. The van der Waals surface area contributed by atoms with Gasteiger partial charge in [-0.05, 0) is 38.1 Å². The number of rotatable bonds is 5. The molecule has 2 aliphatic heterocycles. The molecule has 0 atom stereocenters. The average Bonchev–Trinajstić information content (AvgIpc) is 3.45. The number of hydrogen-bond donors (Lipinski definition) is 2. The second-order valence-electron chi connectivity index (χ2n) is 9.49. The number of hydrogen-bond acceptors (Lipinski definition) is 7. The molecule has 3 aromatic heterocycles. The Balaban J connectivity index is 1.41. The lowest BCUT2D eigenvalue weighted by Crippen LogP contribution is -2.43. The van der Waals surface area contributed by atoms with Crippen molar-refractivity contribution < 1.29 is 4.74 Å². The summed E-state index contributed by atoms with van der Waals surface area (Å²) in [5.74, 6) is 1.11. The van der Waals surface area contributed by atoms with E-state index in [9.17, 15) is 0 Å². The molecule has 0 bridgehead atoms. The summed E-state index contributed by atoms with van der Waals surface area (Å²) in [7, 11) is 0. The number of nitrogens with zero attached hydrogens (tertiary/aromatic N) is 6. The topological polar surface area (TPSA) is 109 Å². The Morgan fingerprint density at radius 3 is 2.76 bits per heavy atom. The summed E-state index contributed by atoms with van der Waals surface area (Å²) >= 11 is 0. The molecular weight excluding hydrogens is 416 g/mol. The highest BCUT2D eigenvalue weighted by Crippen LogP contribution is 2.35. The molecule has 0 aliphatic carbocycles. The summed E-state index contributed by atoms with van der Waals surface area (Å²) in [5, 5.41) is 8.02. The maximum atomic E-state index is 6.34. The zero-order valence-electron chi connectivity index (χ0n) is 18.7. The maximum absolute atomic E-state index is 6.34. The van der Waals surface area contributed by atoms with Gasteiger partial charge in [-0.15, -0.1) is 0 Å². The number of aromatic nitrogens is 6. The molecule has 2 aliphatic rings. The van der Waals surface area contributed by atoms with E-state index >= 15 is 0 Å². The molecule has 9 nitrogen and oxygen atoms in total. The molecule has 1 aromatic carbocycles. The van der Waals surface area contributed by atoms with Crippen molar-refractivity contribution in [3.8, 4) is 22.8 Å². The van der Waals surface area contributed by atoms with Gasteiger partial charge in [-0.25, -0.2) is 15.0 Å². The fourth-order valence-corrected chi connectivity index (χ4v) is 4.78. The Morgan fingerprint density at radius 1 is 1.15 bits per heavy atom. The van der Waals surface area contributed by atoms with Crippen molar-refractivity contribution in [2.45, 2.75) is 32.4 Å². The number of benzene rings is 1. The third-order valence-electron chi connectivity index (χ3n) is 6.69. The number of fused-ring (bicyclic) bond motifs is 1. The minimum atomic E-state index is 0.0635. The van der Waals surface area contributed by atoms with Crippen LogP contribution < -0.4 is 11.1 Å². The van der Waals surface area contributed by atoms with Gasteiger partial charge in [-0.3, -0.25) is 4.68 Å². The third kappa shape index (κ3) is 3.67. The Hall–Kier alpha value is -3.30. The third-order valence-corrected chi connectivity index (χ3v) is 6.69. The largest absolute Gasteiger partial charge is 0.382 e. The molecular formula is C24H28N8O. The first-order valence-corrected chi connectivity index (χ1v) is 11.5. The molecule has 3 N–H and O–H groups in total. The van der Waals surface area contributed by atoms with Gasteiger partial charge in [-0.1, -0.05) is 19.1 Å². The smallest absolute Gasteiger partial charge is 0.163 e. The van der Waals surface area contributed by atoms with Crippen LogP contribution in [0.5, 0.6) is 0 Å². The lowest BCUT2D eigenvalue weighted by molar-refractivity contribution is -0.109. The highest BCUT2D eigenvalue weighted by Gasteiger charge is 2.35. The zero-order valence-corrected chi connectivity index (χ0v) is 18.7. The highest BCUT2D eigenvalue weighted by atomic mass is 16.5. The highest BCUT2D eigenvalue weighted by molar-refractivity contribution is 5.82. The van der Waals surface area contributed by atoms with Crippen molar-refractivity contribution in [2.75, 3.05) is 32.0 Å². The Labute approximate surface area is 192 Å². The summed E-state index contributed by atoms with van der Waals surface area (Å²) < 4.78 is 9.76. The van der Waals surface area contributed by atoms with E-state index in [1.807, 2.05) is 24.4 Å². The van der Waals surface area contributed by atoms with E-state index in [-0.39, 0.29) is 5.41 Å². The number of nitrogens with two attached hydrogens (primary N) is 1. The average molecular weight is 445 g/mol. The van der Waals surface area contributed by atoms with Crippen molar-refractivity contribution in [3.63, 3.8) is 0 Å². The van der Waals surface area contributed by atoms with Crippen LogP contribution in [0.3, 0.4) is 0 Å². The molecule has 6 rings (SSSR count). The first-order valence-electron chi connectivity index (χ1n) is 11.5. The van der Waals surface area contributed by atoms with Crippen molar-refractivity contribution in [3.05, 3.63) is 42.9 Å². The second kappa shape index (κ2) is 7.93. The predicted molar refractivity (Wildman–Crippen MR) is 126 cm³/mol. The van der Waals surface area contributed by atoms with Crippen LogP contribution in [0.4, 0.5) is 5.82 Å². The predicted octanol–water partition coefficient (Wildman–Crippen LogP) is 2.90. The van der Waals surface area contributed by atoms with Crippen LogP contribution in [0.1, 0.15) is 25.8 Å². The number of nitrogen functional groups attached to an aromatic ring is 1. The first-order chi connectivity index (χ1) is 16.1. The lowest BCUT2D eigenvalue weighted by atomic mass is 9.88. The van der Waals surface area contributed by atoms with Gasteiger partial charge in [-0.2, -0.15) is 5.10 Å². The van der Waals surface area contributed by atoms with E-state index in [0.717, 1.165) is 73.8 Å². The van der Waals surface area contributed by atoms with Crippen LogP contribution in [-0.4, -0.2) is 55.6 Å². The molecule has 5 heterocycles. The van der Waals surface area contributed by atoms with Gasteiger partial charge in [0.15, 0.2) is 11.6 Å². The molecule has 0 amide bonds. The molecule has 2 fully saturated rings. The number of anilines is 1. The quantitative estimate of drug-likeness (QED) is 0.487. The van der Waals surface area contributed by atoms with Gasteiger partial charge < -0.3 is 20.4 Å². The van der Waals surface area contributed by atoms with Gasteiger partial charge in [0.25, 0.3) is 0 Å². The Bertz CT molecular complexity index is 1300. The van der Waals surface area contributed by atoms with Crippen molar-refractivity contribution in [1.82, 2.24) is 34.6 Å². The van der Waals surface area contributed by atoms with Crippen LogP contribution in [0.15, 0.2) is 42.9 Å². The first kappa shape index (κ1) is 20.3. The van der Waals surface area contributed by atoms with Gasteiger partial charge >= 0.3 is 0 Å². The van der Waals surface area contributed by atoms with E-state index in [2.05, 4.69) is 43.8 Å². The van der Waals surface area contributed by atoms with E-state index < -0.39 is 0 Å². The second-order valence-corrected chi connectivity index (χ2v) is 9.49. The molecule has 0 saturated carbocycles. The Morgan fingerprint density at radius 2 is 1.97 bits per heavy atom. The van der Waals surface area contributed by atoms with E-state index in [4.69, 9.17) is 20.4 Å². The molecule has 0 spiro atoms. The zero-order chi connectivity index (χ0) is 22.4.